The van der Waals surface area contributed by atoms with E-state index < -0.39 is 12.1 Å². The maximum absolute atomic E-state index is 13.1. The van der Waals surface area contributed by atoms with Crippen molar-refractivity contribution in [1.29, 1.82) is 0 Å². The van der Waals surface area contributed by atoms with E-state index in [0.29, 0.717) is 12.5 Å². The number of likely N-dealkylation sites (tertiary alicyclic amines) is 1. The predicted molar refractivity (Wildman–Crippen MR) is 105 cm³/mol. The number of esters is 1. The van der Waals surface area contributed by atoms with Crippen molar-refractivity contribution in [2.24, 2.45) is 23.5 Å². The first kappa shape index (κ1) is 19.9. The molecule has 0 radical (unpaired) electrons. The van der Waals surface area contributed by atoms with Gasteiger partial charge in [0.25, 0.3) is 0 Å². The van der Waals surface area contributed by atoms with E-state index >= 15 is 0 Å². The van der Waals surface area contributed by atoms with Crippen LogP contribution in [0.5, 0.6) is 0 Å². The average Bonchev–Trinajstić information content (AvgIpc) is 3.28. The molecule has 1 aromatic rings. The summed E-state index contributed by atoms with van der Waals surface area (Å²) in [6.45, 7) is 5.01. The van der Waals surface area contributed by atoms with Gasteiger partial charge in [0.05, 0.1) is 6.04 Å². The van der Waals surface area contributed by atoms with Gasteiger partial charge in [0.2, 0.25) is 5.91 Å². The van der Waals surface area contributed by atoms with E-state index in [1.54, 1.807) is 4.90 Å². The molecule has 27 heavy (non-hydrogen) atoms. The van der Waals surface area contributed by atoms with Gasteiger partial charge in [-0.15, -0.1) is 0 Å². The number of ether oxygens (including phenoxy) is 1. The smallest absolute Gasteiger partial charge is 0.329 e. The van der Waals surface area contributed by atoms with Gasteiger partial charge in [-0.05, 0) is 36.2 Å². The van der Waals surface area contributed by atoms with Gasteiger partial charge in [-0.3, -0.25) is 4.79 Å². The minimum absolute atomic E-state index is 0.0836. The lowest BCUT2D eigenvalue weighted by Gasteiger charge is -2.31. The molecule has 0 spiro atoms. The third-order valence-corrected chi connectivity index (χ3v) is 6.48. The standard InChI is InChI=1S/C22H32N2O3/c1-3-16(4-2)19(23)21(25)24-13-17-11-8-12-18(17)20(24)22(26)27-14-15-9-6-5-7-10-15/h5-7,9-10,16-20H,3-4,8,11-14,23H2,1-2H3/t17-,18-,19-,20-/m0/s1. The van der Waals surface area contributed by atoms with E-state index in [0.717, 1.165) is 37.7 Å². The van der Waals surface area contributed by atoms with Crippen LogP contribution in [0.2, 0.25) is 0 Å². The first-order valence-electron chi connectivity index (χ1n) is 10.3. The zero-order valence-electron chi connectivity index (χ0n) is 16.5. The fourth-order valence-corrected chi connectivity index (χ4v) is 4.84. The van der Waals surface area contributed by atoms with Crippen LogP contribution in [0.3, 0.4) is 0 Å². The molecule has 4 atom stereocenters. The lowest BCUT2D eigenvalue weighted by Crippen LogP contribution is -2.52. The Morgan fingerprint density at radius 1 is 1.19 bits per heavy atom. The molecule has 0 unspecified atom stereocenters. The van der Waals surface area contributed by atoms with Crippen LogP contribution in [0.1, 0.15) is 51.5 Å². The van der Waals surface area contributed by atoms with Gasteiger partial charge >= 0.3 is 5.97 Å². The Morgan fingerprint density at radius 3 is 2.56 bits per heavy atom. The highest BCUT2D eigenvalue weighted by Gasteiger charge is 2.51. The Balaban J connectivity index is 1.72. The topological polar surface area (TPSA) is 72.6 Å². The molecule has 0 bridgehead atoms. The first-order valence-corrected chi connectivity index (χ1v) is 10.3. The highest BCUT2D eigenvalue weighted by molar-refractivity contribution is 5.88. The maximum Gasteiger partial charge on any atom is 0.329 e. The van der Waals surface area contributed by atoms with Crippen molar-refractivity contribution < 1.29 is 14.3 Å². The van der Waals surface area contributed by atoms with Crippen molar-refractivity contribution in [3.05, 3.63) is 35.9 Å². The van der Waals surface area contributed by atoms with E-state index in [9.17, 15) is 9.59 Å². The number of nitrogens with two attached hydrogens (primary N) is 1. The highest BCUT2D eigenvalue weighted by Crippen LogP contribution is 2.43. The molecule has 1 aromatic carbocycles. The normalized spacial score (nSPS) is 25.5. The summed E-state index contributed by atoms with van der Waals surface area (Å²) in [5.41, 5.74) is 7.25. The molecule has 5 heteroatoms. The van der Waals surface area contributed by atoms with E-state index in [2.05, 4.69) is 13.8 Å². The summed E-state index contributed by atoms with van der Waals surface area (Å²) in [5.74, 6) is 0.403. The zero-order chi connectivity index (χ0) is 19.4. The SMILES string of the molecule is CCC(CC)[C@H](N)C(=O)N1C[C@@H]2CCC[C@@H]2[C@H]1C(=O)OCc1ccccc1. The number of carbonyl (C=O) groups is 2. The molecule has 1 saturated carbocycles. The second kappa shape index (κ2) is 8.87. The van der Waals surface area contributed by atoms with Gasteiger partial charge < -0.3 is 15.4 Å². The van der Waals surface area contributed by atoms with Crippen LogP contribution in [0.4, 0.5) is 0 Å². The Morgan fingerprint density at radius 2 is 1.89 bits per heavy atom. The zero-order valence-corrected chi connectivity index (χ0v) is 16.5. The second-order valence-corrected chi connectivity index (χ2v) is 7.99. The van der Waals surface area contributed by atoms with Crippen LogP contribution < -0.4 is 5.73 Å². The molecule has 0 aromatic heterocycles. The monoisotopic (exact) mass is 372 g/mol. The molecule has 1 amide bonds. The number of hydrogen-bond donors (Lipinski definition) is 1. The van der Waals surface area contributed by atoms with Gasteiger partial charge in [-0.2, -0.15) is 0 Å². The van der Waals surface area contributed by atoms with Crippen molar-refractivity contribution >= 4 is 11.9 Å². The molecular formula is C22H32N2O3. The van der Waals surface area contributed by atoms with Gasteiger partial charge in [-0.1, -0.05) is 63.4 Å². The number of carbonyl (C=O) groups excluding carboxylic acids is 2. The fourth-order valence-electron chi connectivity index (χ4n) is 4.84. The summed E-state index contributed by atoms with van der Waals surface area (Å²) >= 11 is 0. The summed E-state index contributed by atoms with van der Waals surface area (Å²) < 4.78 is 5.62. The third-order valence-electron chi connectivity index (χ3n) is 6.48. The molecule has 3 rings (SSSR count). The van der Waals surface area contributed by atoms with Gasteiger partial charge in [0.15, 0.2) is 0 Å². The number of benzene rings is 1. The lowest BCUT2D eigenvalue weighted by molar-refractivity contribution is -0.156. The second-order valence-electron chi connectivity index (χ2n) is 7.99. The van der Waals surface area contributed by atoms with Gasteiger partial charge in [-0.25, -0.2) is 4.79 Å². The average molecular weight is 373 g/mol. The number of hydrogen-bond acceptors (Lipinski definition) is 4. The summed E-state index contributed by atoms with van der Waals surface area (Å²) in [7, 11) is 0. The van der Waals surface area contributed by atoms with Crippen molar-refractivity contribution in [2.45, 2.75) is 64.6 Å². The molecule has 1 aliphatic heterocycles. The third kappa shape index (κ3) is 4.18. The largest absolute Gasteiger partial charge is 0.459 e. The minimum atomic E-state index is -0.539. The number of rotatable bonds is 7. The van der Waals surface area contributed by atoms with Crippen molar-refractivity contribution in [2.75, 3.05) is 6.54 Å². The van der Waals surface area contributed by atoms with E-state index in [4.69, 9.17) is 10.5 Å². The number of amides is 1. The van der Waals surface area contributed by atoms with Crippen LogP contribution in [0, 0.1) is 17.8 Å². The molecule has 1 aliphatic carbocycles. The highest BCUT2D eigenvalue weighted by atomic mass is 16.5. The quantitative estimate of drug-likeness (QED) is 0.747. The van der Waals surface area contributed by atoms with Gasteiger partial charge in [0.1, 0.15) is 12.6 Å². The van der Waals surface area contributed by atoms with Crippen molar-refractivity contribution in [3.8, 4) is 0 Å². The number of fused-ring (bicyclic) bond motifs is 1. The van der Waals surface area contributed by atoms with E-state index in [1.807, 2.05) is 30.3 Å². The Kier molecular flexibility index (Phi) is 6.53. The van der Waals surface area contributed by atoms with Crippen LogP contribution in [-0.4, -0.2) is 35.4 Å². The summed E-state index contributed by atoms with van der Waals surface area (Å²) in [5, 5.41) is 0. The Labute approximate surface area is 162 Å². The summed E-state index contributed by atoms with van der Waals surface area (Å²) in [6, 6.07) is 8.65. The van der Waals surface area contributed by atoms with E-state index in [1.165, 1.54) is 0 Å². The van der Waals surface area contributed by atoms with Crippen LogP contribution in [-0.2, 0) is 20.9 Å². The molecular weight excluding hydrogens is 340 g/mol. The molecule has 148 valence electrons. The van der Waals surface area contributed by atoms with Crippen molar-refractivity contribution in [1.82, 2.24) is 4.90 Å². The maximum atomic E-state index is 13.1. The van der Waals surface area contributed by atoms with Crippen molar-refractivity contribution in [3.63, 3.8) is 0 Å². The molecule has 2 aliphatic rings. The van der Waals surface area contributed by atoms with Gasteiger partial charge in [0, 0.05) is 6.54 Å². The number of nitrogens with zero attached hydrogens (tertiary/aromatic N) is 1. The van der Waals surface area contributed by atoms with E-state index in [-0.39, 0.29) is 30.3 Å². The van der Waals surface area contributed by atoms with Crippen LogP contribution in [0.15, 0.2) is 30.3 Å². The lowest BCUT2D eigenvalue weighted by atomic mass is 9.92. The first-order chi connectivity index (χ1) is 13.1. The summed E-state index contributed by atoms with van der Waals surface area (Å²) in [6.07, 6.45) is 4.93. The van der Waals surface area contributed by atoms with Crippen LogP contribution in [0.25, 0.3) is 0 Å². The Hall–Kier alpha value is -1.88. The molecule has 2 N–H and O–H groups in total. The molecule has 2 fully saturated rings. The Bertz CT molecular complexity index is 644. The fraction of sp³-hybridized carbons (Fsp3) is 0.636. The molecule has 1 heterocycles. The molecule has 1 saturated heterocycles. The minimum Gasteiger partial charge on any atom is -0.459 e. The summed E-state index contributed by atoms with van der Waals surface area (Å²) in [4.78, 5) is 27.8. The predicted octanol–water partition coefficient (Wildman–Crippen LogP) is 3.12. The van der Waals surface area contributed by atoms with Crippen LogP contribution >= 0.6 is 0 Å². The molecule has 5 nitrogen and oxygen atoms in total.